The van der Waals surface area contributed by atoms with Gasteiger partial charge in [0.15, 0.2) is 30.9 Å². The van der Waals surface area contributed by atoms with Crippen molar-refractivity contribution in [2.24, 2.45) is 0 Å². The van der Waals surface area contributed by atoms with Gasteiger partial charge in [-0.3, -0.25) is 4.79 Å². The van der Waals surface area contributed by atoms with Gasteiger partial charge in [-0.05, 0) is 18.1 Å². The molecule has 2 heterocycles. The van der Waals surface area contributed by atoms with Crippen molar-refractivity contribution in [2.45, 2.75) is 57.5 Å². The normalized spacial score (nSPS) is 22.2. The average molecular weight is 373 g/mol. The number of aromatic nitrogens is 2. The van der Waals surface area contributed by atoms with E-state index in [1.54, 1.807) is 0 Å². The number of hydrogen-bond donors (Lipinski definition) is 2. The highest BCUT2D eigenvalue weighted by Crippen LogP contribution is 2.38. The molecule has 0 aliphatic carbocycles. The number of hydrogen-bond acceptors (Lipinski definition) is 7. The zero-order chi connectivity index (χ0) is 18.3. The summed E-state index contributed by atoms with van der Waals surface area (Å²) >= 11 is 5.89. The first-order valence-corrected chi connectivity index (χ1v) is 11.1. The SMILES string of the molecule is CC(C)(C)[Si](C)(C)OCC1OC(c2nc(Cl)c(N)nc2N)CC1=O. The van der Waals surface area contributed by atoms with Crippen LogP contribution >= 0.6 is 11.6 Å². The van der Waals surface area contributed by atoms with Gasteiger partial charge in [-0.25, -0.2) is 9.97 Å². The van der Waals surface area contributed by atoms with E-state index in [0.717, 1.165) is 0 Å². The number of carbonyl (C=O) groups is 1. The van der Waals surface area contributed by atoms with E-state index in [9.17, 15) is 4.79 Å². The summed E-state index contributed by atoms with van der Waals surface area (Å²) in [5.41, 5.74) is 11.7. The first-order valence-electron chi connectivity index (χ1n) is 7.83. The maximum atomic E-state index is 12.3. The molecule has 1 aliphatic heterocycles. The fraction of sp³-hybridized carbons (Fsp3) is 0.667. The highest BCUT2D eigenvalue weighted by Gasteiger charge is 2.41. The second kappa shape index (κ2) is 6.59. The van der Waals surface area contributed by atoms with Crippen LogP contribution in [0.5, 0.6) is 0 Å². The molecule has 9 heteroatoms. The molecule has 2 atom stereocenters. The smallest absolute Gasteiger partial charge is 0.192 e. The van der Waals surface area contributed by atoms with Crippen molar-refractivity contribution in [3.05, 3.63) is 10.8 Å². The van der Waals surface area contributed by atoms with Gasteiger partial charge in [0.2, 0.25) is 0 Å². The molecule has 4 N–H and O–H groups in total. The lowest BCUT2D eigenvalue weighted by molar-refractivity contribution is -0.124. The summed E-state index contributed by atoms with van der Waals surface area (Å²) in [6.45, 7) is 10.9. The number of halogens is 1. The molecular weight excluding hydrogens is 348 g/mol. The van der Waals surface area contributed by atoms with Crippen molar-refractivity contribution < 1.29 is 14.0 Å². The Bertz CT molecular complexity index is 648. The third kappa shape index (κ3) is 3.88. The van der Waals surface area contributed by atoms with Crippen LogP contribution in [0, 0.1) is 0 Å². The molecule has 1 aromatic heterocycles. The third-order valence-electron chi connectivity index (χ3n) is 4.71. The predicted molar refractivity (Wildman–Crippen MR) is 96.3 cm³/mol. The van der Waals surface area contributed by atoms with E-state index >= 15 is 0 Å². The Hall–Kier alpha value is -1.22. The summed E-state index contributed by atoms with van der Waals surface area (Å²) in [4.78, 5) is 20.3. The number of rotatable bonds is 4. The van der Waals surface area contributed by atoms with E-state index < -0.39 is 20.5 Å². The zero-order valence-corrected chi connectivity index (χ0v) is 16.5. The van der Waals surface area contributed by atoms with Gasteiger partial charge in [0.05, 0.1) is 6.61 Å². The molecule has 134 valence electrons. The fourth-order valence-electron chi connectivity index (χ4n) is 2.12. The van der Waals surface area contributed by atoms with Crippen LogP contribution in [0.25, 0.3) is 0 Å². The molecule has 1 aromatic rings. The van der Waals surface area contributed by atoms with E-state index in [0.29, 0.717) is 5.69 Å². The van der Waals surface area contributed by atoms with E-state index in [1.165, 1.54) is 0 Å². The number of carbonyl (C=O) groups excluding carboxylic acids is 1. The predicted octanol–water partition coefficient (Wildman–Crippen LogP) is 2.72. The molecule has 24 heavy (non-hydrogen) atoms. The minimum Gasteiger partial charge on any atom is -0.414 e. The van der Waals surface area contributed by atoms with Gasteiger partial charge in [-0.15, -0.1) is 0 Å². The van der Waals surface area contributed by atoms with Crippen molar-refractivity contribution in [3.8, 4) is 0 Å². The minimum absolute atomic E-state index is 0.0344. The summed E-state index contributed by atoms with van der Waals surface area (Å²) in [5.74, 6) is 0.147. The van der Waals surface area contributed by atoms with Gasteiger partial charge < -0.3 is 20.6 Å². The summed E-state index contributed by atoms with van der Waals surface area (Å²) < 4.78 is 11.9. The Morgan fingerprint density at radius 1 is 1.29 bits per heavy atom. The molecule has 0 amide bonds. The largest absolute Gasteiger partial charge is 0.414 e. The van der Waals surface area contributed by atoms with Crippen molar-refractivity contribution in [1.29, 1.82) is 0 Å². The van der Waals surface area contributed by atoms with Gasteiger partial charge in [-0.1, -0.05) is 32.4 Å². The fourth-order valence-corrected chi connectivity index (χ4v) is 3.26. The number of nitrogens with two attached hydrogens (primary N) is 2. The van der Waals surface area contributed by atoms with Crippen molar-refractivity contribution >= 4 is 37.3 Å². The third-order valence-corrected chi connectivity index (χ3v) is 9.49. The molecule has 1 fully saturated rings. The summed E-state index contributed by atoms with van der Waals surface area (Å²) in [7, 11) is -1.95. The molecule has 7 nitrogen and oxygen atoms in total. The van der Waals surface area contributed by atoms with Crippen LogP contribution < -0.4 is 11.5 Å². The molecule has 2 rings (SSSR count). The van der Waals surface area contributed by atoms with Gasteiger partial charge in [-0.2, -0.15) is 0 Å². The van der Waals surface area contributed by atoms with Crippen LogP contribution in [0.3, 0.4) is 0 Å². The summed E-state index contributed by atoms with van der Waals surface area (Å²) in [6, 6.07) is 0. The molecule has 2 unspecified atom stereocenters. The Labute approximate surface area is 148 Å². The van der Waals surface area contributed by atoms with Crippen LogP contribution in [-0.2, 0) is 14.0 Å². The summed E-state index contributed by atoms with van der Waals surface area (Å²) in [5, 5.41) is 0.116. The molecule has 1 aliphatic rings. The van der Waals surface area contributed by atoms with E-state index in [-0.39, 0.29) is 40.6 Å². The molecule has 0 spiro atoms. The molecule has 1 saturated heterocycles. The second-order valence-electron chi connectivity index (χ2n) is 7.53. The lowest BCUT2D eigenvalue weighted by atomic mass is 10.1. The Morgan fingerprint density at radius 3 is 2.50 bits per heavy atom. The molecular formula is C15H25ClN4O3Si. The van der Waals surface area contributed by atoms with Crippen LogP contribution in [0.4, 0.5) is 11.6 Å². The topological polar surface area (TPSA) is 113 Å². The van der Waals surface area contributed by atoms with Gasteiger partial charge in [0.1, 0.15) is 17.9 Å². The minimum atomic E-state index is -1.95. The van der Waals surface area contributed by atoms with Gasteiger partial charge >= 0.3 is 0 Å². The number of nitrogens with zero attached hydrogens (tertiary/aromatic N) is 2. The van der Waals surface area contributed by atoms with Gasteiger partial charge in [0.25, 0.3) is 0 Å². The zero-order valence-electron chi connectivity index (χ0n) is 14.7. The maximum absolute atomic E-state index is 12.3. The molecule has 0 saturated carbocycles. The first-order chi connectivity index (χ1) is 10.9. The van der Waals surface area contributed by atoms with Crippen LogP contribution in [0.1, 0.15) is 39.0 Å². The quantitative estimate of drug-likeness (QED) is 0.781. The maximum Gasteiger partial charge on any atom is 0.192 e. The Balaban J connectivity index is 2.08. The van der Waals surface area contributed by atoms with Crippen molar-refractivity contribution in [3.63, 3.8) is 0 Å². The lowest BCUT2D eigenvalue weighted by Crippen LogP contribution is -2.43. The number of ether oxygens (including phenoxy) is 1. The standard InChI is InChI=1S/C15H25ClN4O3Si/c1-15(2,3)24(4,5)22-7-10-8(21)6-9(23-10)11-13(17)20-14(18)12(16)19-11/h9-10H,6-7H2,1-5H3,(H4,17,18,20). The van der Waals surface area contributed by atoms with Crippen molar-refractivity contribution in [2.75, 3.05) is 18.1 Å². The highest BCUT2D eigenvalue weighted by molar-refractivity contribution is 6.74. The van der Waals surface area contributed by atoms with Gasteiger partial charge in [0, 0.05) is 6.42 Å². The Kier molecular flexibility index (Phi) is 5.24. The molecule has 0 aromatic carbocycles. The van der Waals surface area contributed by atoms with E-state index in [2.05, 4.69) is 43.8 Å². The van der Waals surface area contributed by atoms with E-state index in [4.69, 9.17) is 32.2 Å². The highest BCUT2D eigenvalue weighted by atomic mass is 35.5. The van der Waals surface area contributed by atoms with Crippen molar-refractivity contribution in [1.82, 2.24) is 9.97 Å². The van der Waals surface area contributed by atoms with Crippen LogP contribution in [-0.4, -0.2) is 36.8 Å². The Morgan fingerprint density at radius 2 is 1.92 bits per heavy atom. The average Bonchev–Trinajstić information content (AvgIpc) is 2.80. The monoisotopic (exact) mass is 372 g/mol. The number of anilines is 2. The molecule has 0 radical (unpaired) electrons. The molecule has 0 bridgehead atoms. The van der Waals surface area contributed by atoms with Crippen LogP contribution in [0.15, 0.2) is 0 Å². The van der Waals surface area contributed by atoms with E-state index in [1.807, 2.05) is 0 Å². The number of Topliss-reactive ketones (excluding diaryl/α,β-unsaturated/α-hetero) is 1. The first kappa shape index (κ1) is 19.1. The number of nitrogen functional groups attached to an aromatic ring is 2. The number of ketones is 1. The van der Waals surface area contributed by atoms with Crippen LogP contribution in [0.2, 0.25) is 23.3 Å². The summed E-state index contributed by atoms with van der Waals surface area (Å²) in [6.07, 6.45) is -1.03. The second-order valence-corrected chi connectivity index (χ2v) is 12.7. The lowest BCUT2D eigenvalue weighted by Gasteiger charge is -2.36.